The third kappa shape index (κ3) is 3.66. The topological polar surface area (TPSA) is 63.3 Å². The molecule has 2 unspecified atom stereocenters. The van der Waals surface area contributed by atoms with Crippen LogP contribution in [0.2, 0.25) is 0 Å². The molecule has 0 aromatic rings. The first-order valence-corrected chi connectivity index (χ1v) is 5.11. The lowest BCUT2D eigenvalue weighted by Crippen LogP contribution is -2.47. The molecule has 0 aromatic heterocycles. The summed E-state index contributed by atoms with van der Waals surface area (Å²) in [6, 6.07) is -0.772. The van der Waals surface area contributed by atoms with Crippen LogP contribution < -0.4 is 5.73 Å². The van der Waals surface area contributed by atoms with Gasteiger partial charge in [-0.1, -0.05) is 34.6 Å². The van der Waals surface area contributed by atoms with Gasteiger partial charge in [-0.05, 0) is 23.7 Å². The van der Waals surface area contributed by atoms with Gasteiger partial charge in [0.1, 0.15) is 6.04 Å². The highest BCUT2D eigenvalue weighted by Crippen LogP contribution is 2.38. The maximum absolute atomic E-state index is 10.9. The Morgan fingerprint density at radius 2 is 1.79 bits per heavy atom. The molecule has 3 heteroatoms. The van der Waals surface area contributed by atoms with Gasteiger partial charge >= 0.3 is 5.97 Å². The zero-order valence-electron chi connectivity index (χ0n) is 9.92. The Labute approximate surface area is 86.7 Å². The van der Waals surface area contributed by atoms with Crippen molar-refractivity contribution < 1.29 is 9.90 Å². The number of hydrogen-bond donors (Lipinski definition) is 2. The minimum absolute atomic E-state index is 0.109. The molecule has 0 amide bonds. The van der Waals surface area contributed by atoms with Crippen LogP contribution in [0.15, 0.2) is 0 Å². The monoisotopic (exact) mass is 201 g/mol. The van der Waals surface area contributed by atoms with Crippen LogP contribution in [0, 0.1) is 10.8 Å². The van der Waals surface area contributed by atoms with Crippen LogP contribution in [0.4, 0.5) is 0 Å². The smallest absolute Gasteiger partial charge is 0.321 e. The van der Waals surface area contributed by atoms with E-state index in [1.54, 1.807) is 0 Å². The molecule has 3 nitrogen and oxygen atoms in total. The molecular formula is C11H23NO2. The molecule has 2 atom stereocenters. The van der Waals surface area contributed by atoms with Crippen molar-refractivity contribution in [3.8, 4) is 0 Å². The van der Waals surface area contributed by atoms with E-state index < -0.39 is 12.0 Å². The molecule has 0 bridgehead atoms. The Morgan fingerprint density at radius 1 is 1.36 bits per heavy atom. The third-order valence-electron chi connectivity index (χ3n) is 2.76. The van der Waals surface area contributed by atoms with Crippen molar-refractivity contribution in [2.75, 3.05) is 0 Å². The van der Waals surface area contributed by atoms with E-state index in [1.165, 1.54) is 0 Å². The molecule has 0 rings (SSSR count). The molecule has 0 radical (unpaired) electrons. The molecule has 0 heterocycles. The number of aliphatic carboxylic acids is 1. The van der Waals surface area contributed by atoms with Crippen molar-refractivity contribution in [1.82, 2.24) is 0 Å². The van der Waals surface area contributed by atoms with Crippen LogP contribution in [0.5, 0.6) is 0 Å². The van der Waals surface area contributed by atoms with E-state index in [2.05, 4.69) is 20.8 Å². The summed E-state index contributed by atoms with van der Waals surface area (Å²) in [6.07, 6.45) is 1.61. The Morgan fingerprint density at radius 3 is 2.00 bits per heavy atom. The van der Waals surface area contributed by atoms with Gasteiger partial charge in [0.2, 0.25) is 0 Å². The zero-order valence-corrected chi connectivity index (χ0v) is 9.92. The number of hydrogen-bond acceptors (Lipinski definition) is 2. The lowest BCUT2D eigenvalue weighted by molar-refractivity contribution is -0.142. The van der Waals surface area contributed by atoms with E-state index in [1.807, 2.05) is 13.8 Å². The van der Waals surface area contributed by atoms with E-state index in [4.69, 9.17) is 10.8 Å². The van der Waals surface area contributed by atoms with Gasteiger partial charge < -0.3 is 10.8 Å². The second-order valence-corrected chi connectivity index (χ2v) is 5.56. The fraction of sp³-hybridized carbons (Fsp3) is 0.909. The third-order valence-corrected chi connectivity index (χ3v) is 2.76. The lowest BCUT2D eigenvalue weighted by atomic mass is 9.69. The van der Waals surface area contributed by atoms with Crippen LogP contribution in [0.1, 0.15) is 47.5 Å². The average molecular weight is 201 g/mol. The van der Waals surface area contributed by atoms with Crippen LogP contribution in [0.3, 0.4) is 0 Å². The van der Waals surface area contributed by atoms with E-state index in [-0.39, 0.29) is 10.8 Å². The second kappa shape index (κ2) is 4.30. The van der Waals surface area contributed by atoms with Gasteiger partial charge in [0.15, 0.2) is 0 Å². The first kappa shape index (κ1) is 13.4. The van der Waals surface area contributed by atoms with Crippen LogP contribution in [0.25, 0.3) is 0 Å². The standard InChI is InChI=1S/C11H23NO2/c1-6-11(5,7-10(2,3)4)8(12)9(13)14/h8H,6-7,12H2,1-5H3,(H,13,14). The summed E-state index contributed by atoms with van der Waals surface area (Å²) in [5.41, 5.74) is 5.51. The summed E-state index contributed by atoms with van der Waals surface area (Å²) in [5.74, 6) is -0.904. The van der Waals surface area contributed by atoms with E-state index in [0.29, 0.717) is 0 Å². The fourth-order valence-electron chi connectivity index (χ4n) is 1.96. The van der Waals surface area contributed by atoms with Crippen molar-refractivity contribution >= 4 is 5.97 Å². The first-order valence-electron chi connectivity index (χ1n) is 5.11. The van der Waals surface area contributed by atoms with Crippen molar-refractivity contribution in [1.29, 1.82) is 0 Å². The quantitative estimate of drug-likeness (QED) is 0.733. The largest absolute Gasteiger partial charge is 0.480 e. The number of nitrogens with two attached hydrogens (primary N) is 1. The van der Waals surface area contributed by atoms with E-state index in [0.717, 1.165) is 12.8 Å². The van der Waals surface area contributed by atoms with Crippen LogP contribution in [-0.4, -0.2) is 17.1 Å². The molecule has 3 N–H and O–H groups in total. The molecule has 0 spiro atoms. The molecule has 0 aliphatic heterocycles. The van der Waals surface area contributed by atoms with Gasteiger partial charge in [0.25, 0.3) is 0 Å². The maximum atomic E-state index is 10.9. The number of carboxylic acid groups (broad SMARTS) is 1. The van der Waals surface area contributed by atoms with Gasteiger partial charge in [-0.3, -0.25) is 4.79 Å². The van der Waals surface area contributed by atoms with Gasteiger partial charge in [-0.25, -0.2) is 0 Å². The van der Waals surface area contributed by atoms with E-state index >= 15 is 0 Å². The Bertz CT molecular complexity index is 208. The molecule has 0 aromatic carbocycles. The first-order chi connectivity index (χ1) is 6.12. The average Bonchev–Trinajstić information content (AvgIpc) is 1.99. The normalized spacial score (nSPS) is 18.7. The zero-order chi connectivity index (χ0) is 11.6. The molecular weight excluding hydrogens is 178 g/mol. The highest BCUT2D eigenvalue weighted by molar-refractivity contribution is 5.74. The number of rotatable bonds is 4. The predicted molar refractivity (Wildman–Crippen MR) is 58.1 cm³/mol. The molecule has 0 saturated heterocycles. The lowest BCUT2D eigenvalue weighted by Gasteiger charge is -2.37. The van der Waals surface area contributed by atoms with Crippen LogP contribution in [-0.2, 0) is 4.79 Å². The summed E-state index contributed by atoms with van der Waals surface area (Å²) < 4.78 is 0. The maximum Gasteiger partial charge on any atom is 0.321 e. The van der Waals surface area contributed by atoms with Gasteiger partial charge in [0.05, 0.1) is 0 Å². The van der Waals surface area contributed by atoms with Gasteiger partial charge in [0, 0.05) is 0 Å². The van der Waals surface area contributed by atoms with E-state index in [9.17, 15) is 4.79 Å². The predicted octanol–water partition coefficient (Wildman–Crippen LogP) is 2.25. The van der Waals surface area contributed by atoms with Crippen molar-refractivity contribution in [3.05, 3.63) is 0 Å². The fourth-order valence-corrected chi connectivity index (χ4v) is 1.96. The molecule has 0 aliphatic rings. The second-order valence-electron chi connectivity index (χ2n) is 5.56. The Balaban J connectivity index is 4.71. The minimum Gasteiger partial charge on any atom is -0.480 e. The van der Waals surface area contributed by atoms with Crippen molar-refractivity contribution in [2.24, 2.45) is 16.6 Å². The molecule has 0 saturated carbocycles. The molecule has 0 aliphatic carbocycles. The summed E-state index contributed by atoms with van der Waals surface area (Å²) in [6.45, 7) is 10.3. The van der Waals surface area contributed by atoms with Gasteiger partial charge in [-0.15, -0.1) is 0 Å². The summed E-state index contributed by atoms with van der Waals surface area (Å²) in [7, 11) is 0. The number of carbonyl (C=O) groups is 1. The Hall–Kier alpha value is -0.570. The van der Waals surface area contributed by atoms with Gasteiger partial charge in [-0.2, -0.15) is 0 Å². The molecule has 14 heavy (non-hydrogen) atoms. The highest BCUT2D eigenvalue weighted by Gasteiger charge is 2.37. The van der Waals surface area contributed by atoms with Crippen LogP contribution >= 0.6 is 0 Å². The molecule has 0 fully saturated rings. The minimum atomic E-state index is -0.904. The summed E-state index contributed by atoms with van der Waals surface area (Å²) >= 11 is 0. The van der Waals surface area contributed by atoms with Crippen molar-refractivity contribution in [2.45, 2.75) is 53.5 Å². The summed E-state index contributed by atoms with van der Waals surface area (Å²) in [5, 5.41) is 8.92. The van der Waals surface area contributed by atoms with Crippen molar-refractivity contribution in [3.63, 3.8) is 0 Å². The summed E-state index contributed by atoms with van der Waals surface area (Å²) in [4.78, 5) is 10.9. The highest BCUT2D eigenvalue weighted by atomic mass is 16.4. The number of carboxylic acids is 1. The SMILES string of the molecule is CCC(C)(CC(C)(C)C)C(N)C(=O)O. The molecule has 84 valence electrons. The Kier molecular flexibility index (Phi) is 4.13.